The average Bonchev–Trinajstić information content (AvgIpc) is 3.04. The van der Waals surface area contributed by atoms with E-state index in [9.17, 15) is 14.0 Å². The van der Waals surface area contributed by atoms with Gasteiger partial charge >= 0.3 is 12.0 Å². The van der Waals surface area contributed by atoms with Gasteiger partial charge in [0.15, 0.2) is 0 Å². The van der Waals surface area contributed by atoms with Crippen molar-refractivity contribution in [2.24, 2.45) is 0 Å². The third-order valence-corrected chi connectivity index (χ3v) is 6.25. The average molecular weight is 570 g/mol. The Morgan fingerprint density at radius 3 is 2.52 bits per heavy atom. The number of aromatic amines is 1. The molecule has 33 heavy (non-hydrogen) atoms. The number of hydrogen-bond acceptors (Lipinski definition) is 3. The lowest BCUT2D eigenvalue weighted by Gasteiger charge is -2.36. The minimum atomic E-state index is -0.508. The number of halogens is 2. The van der Waals surface area contributed by atoms with Crippen LogP contribution >= 0.6 is 0 Å². The highest BCUT2D eigenvalue weighted by molar-refractivity contribution is 6.18. The number of piperazine rings is 1. The molecule has 3 heterocycles. The van der Waals surface area contributed by atoms with Crippen molar-refractivity contribution in [3.8, 4) is 0 Å². The number of fused-ring (bicyclic) bond motifs is 3. The van der Waals surface area contributed by atoms with Gasteiger partial charge in [-0.25, -0.2) is 14.0 Å². The first-order valence-corrected chi connectivity index (χ1v) is 11.2. The summed E-state index contributed by atoms with van der Waals surface area (Å²) < 4.78 is 19.4. The van der Waals surface area contributed by atoms with Crippen LogP contribution in [0.5, 0.6) is 0 Å². The van der Waals surface area contributed by atoms with Crippen LogP contribution in [0.3, 0.4) is 0 Å². The number of urea groups is 1. The predicted octanol–water partition coefficient (Wildman–Crippen LogP) is -0.853. The van der Waals surface area contributed by atoms with Gasteiger partial charge in [-0.1, -0.05) is 13.8 Å². The number of aromatic nitrogens is 1. The summed E-state index contributed by atoms with van der Waals surface area (Å²) in [5.41, 5.74) is 1.88. The Morgan fingerprint density at radius 1 is 1.21 bits per heavy atom. The van der Waals surface area contributed by atoms with Crippen LogP contribution in [-0.4, -0.2) is 72.7 Å². The van der Waals surface area contributed by atoms with Crippen molar-refractivity contribution in [2.75, 3.05) is 39.8 Å². The van der Waals surface area contributed by atoms with Gasteiger partial charge in [0, 0.05) is 29.1 Å². The van der Waals surface area contributed by atoms with Crippen molar-refractivity contribution in [1.82, 2.24) is 14.8 Å². The molecule has 2 aliphatic rings. The second-order valence-electron chi connectivity index (χ2n) is 9.80. The summed E-state index contributed by atoms with van der Waals surface area (Å²) in [5.74, 6) is -0.859. The molecule has 1 aromatic carbocycles. The van der Waals surface area contributed by atoms with E-state index in [1.165, 1.54) is 17.0 Å². The number of nitrogens with one attached hydrogen (secondary N) is 2. The lowest BCUT2D eigenvalue weighted by molar-refractivity contribution is -0.883. The molecule has 2 aliphatic heterocycles. The van der Waals surface area contributed by atoms with Crippen molar-refractivity contribution >= 4 is 28.5 Å². The van der Waals surface area contributed by atoms with E-state index in [0.29, 0.717) is 30.8 Å². The van der Waals surface area contributed by atoms with Gasteiger partial charge in [-0.05, 0) is 37.6 Å². The molecule has 0 saturated carbocycles. The molecule has 7 nitrogen and oxygen atoms in total. The van der Waals surface area contributed by atoms with Gasteiger partial charge in [0.2, 0.25) is 0 Å². The van der Waals surface area contributed by atoms with E-state index in [1.54, 1.807) is 31.0 Å². The predicted molar refractivity (Wildman–Crippen MR) is 121 cm³/mol. The van der Waals surface area contributed by atoms with Crippen LogP contribution < -0.4 is 28.9 Å². The summed E-state index contributed by atoms with van der Waals surface area (Å²) >= 11 is 0. The van der Waals surface area contributed by atoms with Crippen LogP contribution in [0.2, 0.25) is 0 Å². The minimum absolute atomic E-state index is 0. The number of esters is 1. The molecule has 0 aliphatic carbocycles. The Bertz CT molecular complexity index is 1090. The van der Waals surface area contributed by atoms with Gasteiger partial charge in [0.1, 0.15) is 5.82 Å². The lowest BCUT2D eigenvalue weighted by Crippen LogP contribution is -3.12. The zero-order chi connectivity index (χ0) is 23.2. The molecule has 0 radical (unpaired) electrons. The maximum atomic E-state index is 13.9. The van der Waals surface area contributed by atoms with E-state index in [-0.39, 0.29) is 47.5 Å². The van der Waals surface area contributed by atoms with E-state index in [1.807, 2.05) is 18.7 Å². The minimum Gasteiger partial charge on any atom is -1.00 e. The Hall–Kier alpha value is -2.14. The molecular formula is C24H32FIN4O3. The number of quaternary nitrogens is 1. The standard InChI is InChI=1S/C24H31FN4O3.HI/c1-15(2)32-22(30)18-13-29(23(31)28-10-8-27(5)9-11-28)14-24(3,4)20-17-7-6-16(25)12-19(17)26-21(18)20;/h6-7,12-13,15,26H,8-11,14H2,1-5H3;1H. The third-order valence-electron chi connectivity index (χ3n) is 6.25. The summed E-state index contributed by atoms with van der Waals surface area (Å²) in [6.45, 7) is 11.2. The number of carbonyl (C=O) groups excluding carboxylic acids is 2. The molecule has 9 heteroatoms. The van der Waals surface area contributed by atoms with Crippen molar-refractivity contribution < 1.29 is 47.6 Å². The maximum absolute atomic E-state index is 13.9. The fraction of sp³-hybridized carbons (Fsp3) is 0.500. The number of likely N-dealkylation sites (N-methyl/N-ethyl adjacent to an activating group) is 1. The number of hydrogen-bond donors (Lipinski definition) is 2. The zero-order valence-corrected chi connectivity index (χ0v) is 22.0. The molecular weight excluding hydrogens is 538 g/mol. The van der Waals surface area contributed by atoms with Gasteiger partial charge in [0.25, 0.3) is 0 Å². The fourth-order valence-electron chi connectivity index (χ4n) is 4.66. The van der Waals surface area contributed by atoms with Crippen molar-refractivity contribution in [2.45, 2.75) is 39.2 Å². The van der Waals surface area contributed by atoms with E-state index >= 15 is 0 Å². The number of H-pyrrole nitrogens is 1. The van der Waals surface area contributed by atoms with Crippen LogP contribution in [0.4, 0.5) is 9.18 Å². The highest BCUT2D eigenvalue weighted by Crippen LogP contribution is 2.40. The van der Waals surface area contributed by atoms with Gasteiger partial charge in [0.05, 0.1) is 50.6 Å². The summed E-state index contributed by atoms with van der Waals surface area (Å²) in [7, 11) is 2.12. The number of rotatable bonds is 2. The number of benzene rings is 1. The Morgan fingerprint density at radius 2 is 1.88 bits per heavy atom. The smallest absolute Gasteiger partial charge is 0.342 e. The van der Waals surface area contributed by atoms with E-state index in [0.717, 1.165) is 24.0 Å². The first kappa shape index (κ1) is 25.5. The molecule has 2 amide bonds. The molecule has 180 valence electrons. The van der Waals surface area contributed by atoms with Crippen LogP contribution in [0.1, 0.15) is 39.0 Å². The molecule has 2 N–H and O–H groups in total. The van der Waals surface area contributed by atoms with Gasteiger partial charge < -0.3 is 43.5 Å². The van der Waals surface area contributed by atoms with Gasteiger partial charge in [-0.2, -0.15) is 0 Å². The fourth-order valence-corrected chi connectivity index (χ4v) is 4.66. The van der Waals surface area contributed by atoms with Crippen molar-refractivity contribution in [3.05, 3.63) is 41.5 Å². The van der Waals surface area contributed by atoms with E-state index in [2.05, 4.69) is 12.0 Å². The summed E-state index contributed by atoms with van der Waals surface area (Å²) in [4.78, 5) is 34.7. The van der Waals surface area contributed by atoms with E-state index < -0.39 is 11.4 Å². The highest BCUT2D eigenvalue weighted by atomic mass is 127. The zero-order valence-electron chi connectivity index (χ0n) is 19.8. The van der Waals surface area contributed by atoms with Crippen LogP contribution in [0, 0.1) is 5.82 Å². The number of amides is 2. The highest BCUT2D eigenvalue weighted by Gasteiger charge is 2.39. The molecule has 2 aromatic rings. The molecule has 1 aromatic heterocycles. The topological polar surface area (TPSA) is 70.1 Å². The second-order valence-corrected chi connectivity index (χ2v) is 9.80. The SMILES string of the molecule is CC(C)OC(=O)C1=CN(C(=O)N2CC[NH+](C)CC2)CC(C)(C)c2c1[nH]c1cc(F)ccc21.[I-]. The van der Waals surface area contributed by atoms with Crippen LogP contribution in [-0.2, 0) is 14.9 Å². The monoisotopic (exact) mass is 570 g/mol. The first-order chi connectivity index (χ1) is 15.1. The van der Waals surface area contributed by atoms with Crippen molar-refractivity contribution in [3.63, 3.8) is 0 Å². The van der Waals surface area contributed by atoms with Crippen molar-refractivity contribution in [1.29, 1.82) is 0 Å². The number of nitrogens with zero attached hydrogens (tertiary/aromatic N) is 2. The first-order valence-electron chi connectivity index (χ1n) is 11.2. The Balaban J connectivity index is 0.00000306. The number of ether oxygens (including phenoxy) is 1. The van der Waals surface area contributed by atoms with Gasteiger partial charge in [-0.3, -0.25) is 4.90 Å². The van der Waals surface area contributed by atoms with Crippen LogP contribution in [0.25, 0.3) is 16.5 Å². The molecule has 1 saturated heterocycles. The molecule has 0 spiro atoms. The molecule has 0 unspecified atom stereocenters. The quantitative estimate of drug-likeness (QED) is 0.365. The third kappa shape index (κ3) is 5.03. The largest absolute Gasteiger partial charge is 1.00 e. The summed E-state index contributed by atoms with van der Waals surface area (Å²) in [6, 6.07) is 4.47. The normalized spacial score (nSPS) is 18.5. The van der Waals surface area contributed by atoms with Crippen LogP contribution in [0.15, 0.2) is 24.4 Å². The Kier molecular flexibility index (Phi) is 7.42. The lowest BCUT2D eigenvalue weighted by atomic mass is 9.82. The maximum Gasteiger partial charge on any atom is 0.342 e. The molecule has 0 atom stereocenters. The molecule has 1 fully saturated rings. The summed E-state index contributed by atoms with van der Waals surface area (Å²) in [5, 5.41) is 0.840. The number of carbonyl (C=O) groups is 2. The molecule has 4 rings (SSSR count). The van der Waals surface area contributed by atoms with E-state index in [4.69, 9.17) is 4.74 Å². The second kappa shape index (κ2) is 9.61. The van der Waals surface area contributed by atoms with Gasteiger partial charge in [-0.15, -0.1) is 0 Å². The molecule has 0 bridgehead atoms. The Labute approximate surface area is 210 Å². The summed E-state index contributed by atoms with van der Waals surface area (Å²) in [6.07, 6.45) is 1.30.